The molecule has 5 nitrogen and oxygen atoms in total. The van der Waals surface area contributed by atoms with E-state index in [1.54, 1.807) is 0 Å². The molecule has 0 aromatic heterocycles. The molecule has 0 saturated heterocycles. The Labute approximate surface area is 121 Å². The van der Waals surface area contributed by atoms with Crippen LogP contribution in [0.3, 0.4) is 0 Å². The number of thioether (sulfide) groups is 1. The fourth-order valence-corrected chi connectivity index (χ4v) is 3.16. The van der Waals surface area contributed by atoms with Gasteiger partial charge in [0.2, 0.25) is 10.0 Å². The number of halogens is 1. The second kappa shape index (κ2) is 7.14. The maximum absolute atomic E-state index is 12.0. The lowest BCUT2D eigenvalue weighted by molar-refractivity contribution is -0.139. The van der Waals surface area contributed by atoms with E-state index in [4.69, 9.17) is 16.7 Å². The minimum atomic E-state index is -3.85. The third kappa shape index (κ3) is 5.02. The summed E-state index contributed by atoms with van der Waals surface area (Å²) in [5.41, 5.74) is 0. The number of aliphatic carboxylic acids is 1. The zero-order valence-corrected chi connectivity index (χ0v) is 12.6. The monoisotopic (exact) mass is 323 g/mol. The van der Waals surface area contributed by atoms with Gasteiger partial charge in [-0.2, -0.15) is 16.5 Å². The number of carbonyl (C=O) groups is 1. The Hall–Kier alpha value is -0.760. The minimum Gasteiger partial charge on any atom is -0.480 e. The highest BCUT2D eigenvalue weighted by Crippen LogP contribution is 2.15. The molecule has 2 N–H and O–H groups in total. The number of carboxylic acid groups (broad SMARTS) is 1. The third-order valence-corrected chi connectivity index (χ3v) is 4.71. The van der Waals surface area contributed by atoms with Crippen LogP contribution in [0.1, 0.15) is 6.42 Å². The first-order valence-electron chi connectivity index (χ1n) is 5.36. The van der Waals surface area contributed by atoms with Gasteiger partial charge in [-0.3, -0.25) is 4.79 Å². The van der Waals surface area contributed by atoms with E-state index in [0.29, 0.717) is 10.8 Å². The normalized spacial score (nSPS) is 13.2. The molecule has 0 aliphatic rings. The van der Waals surface area contributed by atoms with E-state index >= 15 is 0 Å². The molecule has 0 fully saturated rings. The lowest BCUT2D eigenvalue weighted by Gasteiger charge is -2.14. The van der Waals surface area contributed by atoms with Crippen LogP contribution in [-0.4, -0.2) is 37.5 Å². The Balaban J connectivity index is 2.87. The maximum Gasteiger partial charge on any atom is 0.321 e. The van der Waals surface area contributed by atoms with E-state index in [2.05, 4.69) is 4.72 Å². The van der Waals surface area contributed by atoms with E-state index in [1.807, 2.05) is 6.26 Å². The summed E-state index contributed by atoms with van der Waals surface area (Å²) < 4.78 is 26.2. The van der Waals surface area contributed by atoms with E-state index in [-0.39, 0.29) is 11.3 Å². The van der Waals surface area contributed by atoms with Gasteiger partial charge in [0.05, 0.1) is 4.90 Å². The largest absolute Gasteiger partial charge is 0.480 e. The fraction of sp³-hybridized carbons (Fsp3) is 0.364. The van der Waals surface area contributed by atoms with Crippen molar-refractivity contribution in [3.63, 3.8) is 0 Å². The van der Waals surface area contributed by atoms with Crippen molar-refractivity contribution in [3.8, 4) is 0 Å². The van der Waals surface area contributed by atoms with Gasteiger partial charge >= 0.3 is 5.97 Å². The molecule has 1 aromatic rings. The van der Waals surface area contributed by atoms with Gasteiger partial charge in [0, 0.05) is 5.02 Å². The Morgan fingerprint density at radius 1 is 1.42 bits per heavy atom. The van der Waals surface area contributed by atoms with E-state index in [9.17, 15) is 13.2 Å². The van der Waals surface area contributed by atoms with E-state index < -0.39 is 22.0 Å². The first-order valence-corrected chi connectivity index (χ1v) is 8.62. The van der Waals surface area contributed by atoms with Crippen molar-refractivity contribution in [2.24, 2.45) is 0 Å². The molecule has 0 spiro atoms. The van der Waals surface area contributed by atoms with Gasteiger partial charge in [-0.05, 0) is 42.7 Å². The predicted octanol–water partition coefficient (Wildman–Crippen LogP) is 1.82. The van der Waals surface area contributed by atoms with Crippen LogP contribution in [0.5, 0.6) is 0 Å². The highest BCUT2D eigenvalue weighted by atomic mass is 35.5. The van der Waals surface area contributed by atoms with E-state index in [0.717, 1.165) is 0 Å². The lowest BCUT2D eigenvalue weighted by atomic mass is 10.2. The van der Waals surface area contributed by atoms with Crippen LogP contribution >= 0.6 is 23.4 Å². The summed E-state index contributed by atoms with van der Waals surface area (Å²) in [6.45, 7) is 0. The second-order valence-electron chi connectivity index (χ2n) is 3.75. The minimum absolute atomic E-state index is 0.00713. The number of carboxylic acids is 1. The van der Waals surface area contributed by atoms with Crippen molar-refractivity contribution >= 4 is 39.4 Å². The second-order valence-corrected chi connectivity index (χ2v) is 6.88. The van der Waals surface area contributed by atoms with Crippen LogP contribution in [0.15, 0.2) is 29.2 Å². The standard InChI is InChI=1S/C11H14ClNO4S2/c1-18-7-6-10(11(14)15)13-19(16,17)9-4-2-8(12)3-5-9/h2-5,10,13H,6-7H2,1H3,(H,14,15)/t10-/m0/s1. The van der Waals surface area contributed by atoms with Crippen molar-refractivity contribution in [3.05, 3.63) is 29.3 Å². The van der Waals surface area contributed by atoms with Crippen LogP contribution in [0.25, 0.3) is 0 Å². The van der Waals surface area contributed by atoms with Gasteiger partial charge in [-0.25, -0.2) is 8.42 Å². The van der Waals surface area contributed by atoms with Gasteiger partial charge in [-0.15, -0.1) is 0 Å². The summed E-state index contributed by atoms with van der Waals surface area (Å²) in [6, 6.07) is 4.41. The summed E-state index contributed by atoms with van der Waals surface area (Å²) in [4.78, 5) is 11.0. The predicted molar refractivity (Wildman–Crippen MR) is 76.2 cm³/mol. The molecule has 0 aliphatic heterocycles. The third-order valence-electron chi connectivity index (χ3n) is 2.33. The maximum atomic E-state index is 12.0. The number of rotatable bonds is 7. The molecule has 0 heterocycles. The summed E-state index contributed by atoms with van der Waals surface area (Å²) >= 11 is 7.13. The SMILES string of the molecule is CSCC[C@H](NS(=O)(=O)c1ccc(Cl)cc1)C(=O)O. The molecule has 106 valence electrons. The first kappa shape index (κ1) is 16.3. The van der Waals surface area contributed by atoms with Gasteiger partial charge in [0.1, 0.15) is 6.04 Å². The molecule has 0 saturated carbocycles. The molecule has 8 heteroatoms. The van der Waals surface area contributed by atoms with Crippen molar-refractivity contribution in [2.45, 2.75) is 17.4 Å². The number of nitrogens with one attached hydrogen (secondary N) is 1. The average molecular weight is 324 g/mol. The molecular weight excluding hydrogens is 310 g/mol. The Morgan fingerprint density at radius 3 is 2.47 bits per heavy atom. The van der Waals surface area contributed by atoms with Gasteiger partial charge < -0.3 is 5.11 Å². The number of hydrogen-bond donors (Lipinski definition) is 2. The fourth-order valence-electron chi connectivity index (χ4n) is 1.34. The molecule has 1 aromatic carbocycles. The highest BCUT2D eigenvalue weighted by Gasteiger charge is 2.24. The van der Waals surface area contributed by atoms with Gasteiger partial charge in [0.25, 0.3) is 0 Å². The van der Waals surface area contributed by atoms with Crippen molar-refractivity contribution < 1.29 is 18.3 Å². The first-order chi connectivity index (χ1) is 8.86. The summed E-state index contributed by atoms with van der Waals surface area (Å²) in [7, 11) is -3.85. The molecule has 0 unspecified atom stereocenters. The van der Waals surface area contributed by atoms with Crippen LogP contribution in [0.4, 0.5) is 0 Å². The molecule has 0 bridgehead atoms. The number of sulfonamides is 1. The Kier molecular flexibility index (Phi) is 6.12. The lowest BCUT2D eigenvalue weighted by Crippen LogP contribution is -2.41. The molecule has 19 heavy (non-hydrogen) atoms. The quantitative estimate of drug-likeness (QED) is 0.799. The van der Waals surface area contributed by atoms with Crippen molar-refractivity contribution in [2.75, 3.05) is 12.0 Å². The van der Waals surface area contributed by atoms with Gasteiger partial charge in [-0.1, -0.05) is 11.6 Å². The smallest absolute Gasteiger partial charge is 0.321 e. The number of benzene rings is 1. The highest BCUT2D eigenvalue weighted by molar-refractivity contribution is 7.98. The van der Waals surface area contributed by atoms with Crippen LogP contribution in [-0.2, 0) is 14.8 Å². The molecular formula is C11H14ClNO4S2. The topological polar surface area (TPSA) is 83.5 Å². The molecule has 0 amide bonds. The molecule has 1 atom stereocenters. The Morgan fingerprint density at radius 2 is 2.00 bits per heavy atom. The summed E-state index contributed by atoms with van der Waals surface area (Å²) in [5, 5.41) is 9.41. The van der Waals surface area contributed by atoms with Crippen molar-refractivity contribution in [1.82, 2.24) is 4.72 Å². The van der Waals surface area contributed by atoms with E-state index in [1.165, 1.54) is 36.0 Å². The van der Waals surface area contributed by atoms with Crippen molar-refractivity contribution in [1.29, 1.82) is 0 Å². The van der Waals surface area contributed by atoms with Crippen LogP contribution < -0.4 is 4.72 Å². The molecule has 0 aliphatic carbocycles. The zero-order valence-electron chi connectivity index (χ0n) is 10.2. The summed E-state index contributed by atoms with van der Waals surface area (Å²) in [6.07, 6.45) is 2.05. The van der Waals surface area contributed by atoms with Crippen LogP contribution in [0, 0.1) is 0 Å². The number of hydrogen-bond acceptors (Lipinski definition) is 4. The molecule has 1 rings (SSSR count). The summed E-state index contributed by atoms with van der Waals surface area (Å²) in [5.74, 6) is -0.633. The van der Waals surface area contributed by atoms with Gasteiger partial charge in [0.15, 0.2) is 0 Å². The van der Waals surface area contributed by atoms with Crippen LogP contribution in [0.2, 0.25) is 5.02 Å². The molecule has 0 radical (unpaired) electrons. The Bertz CT molecular complexity index is 530. The average Bonchev–Trinajstić information content (AvgIpc) is 2.34. The zero-order chi connectivity index (χ0) is 14.5.